The lowest BCUT2D eigenvalue weighted by atomic mass is 9.88. The third-order valence-electron chi connectivity index (χ3n) is 6.36. The molecule has 0 aliphatic carbocycles. The van der Waals surface area contributed by atoms with E-state index in [0.29, 0.717) is 56.3 Å². The first kappa shape index (κ1) is 17.4. The standard InChI is InChI=1S/C19H27N5O2/c1-22-15-2-3-16(22)11-14(10-15)12-18(25)23-6-8-24(9-7-23)19(26)17-13-20-4-5-21-17/h4-5,13-16H,2-3,6-12H2,1H3. The van der Waals surface area contributed by atoms with Crippen LogP contribution in [0.25, 0.3) is 0 Å². The lowest BCUT2D eigenvalue weighted by Crippen LogP contribution is -2.51. The Labute approximate surface area is 154 Å². The third kappa shape index (κ3) is 3.45. The molecule has 2 bridgehead atoms. The highest BCUT2D eigenvalue weighted by Crippen LogP contribution is 2.38. The molecule has 0 spiro atoms. The monoisotopic (exact) mass is 357 g/mol. The van der Waals surface area contributed by atoms with Gasteiger partial charge in [-0.05, 0) is 38.6 Å². The van der Waals surface area contributed by atoms with Gasteiger partial charge in [0.25, 0.3) is 5.91 Å². The molecule has 2 amide bonds. The molecular formula is C19H27N5O2. The second-order valence-corrected chi connectivity index (χ2v) is 7.86. The third-order valence-corrected chi connectivity index (χ3v) is 6.36. The van der Waals surface area contributed by atoms with Crippen molar-refractivity contribution in [3.05, 3.63) is 24.3 Å². The van der Waals surface area contributed by atoms with E-state index in [4.69, 9.17) is 0 Å². The molecule has 2 unspecified atom stereocenters. The molecule has 3 aliphatic rings. The molecule has 3 fully saturated rings. The van der Waals surface area contributed by atoms with Crippen molar-refractivity contribution in [3.63, 3.8) is 0 Å². The Morgan fingerprint density at radius 1 is 1.04 bits per heavy atom. The van der Waals surface area contributed by atoms with Crippen molar-refractivity contribution >= 4 is 11.8 Å². The SMILES string of the molecule is CN1C2CCC1CC(CC(=O)N1CCN(C(=O)c3cnccn3)CC1)C2. The number of piperazine rings is 1. The molecule has 26 heavy (non-hydrogen) atoms. The summed E-state index contributed by atoms with van der Waals surface area (Å²) in [6.07, 6.45) is 10.1. The maximum Gasteiger partial charge on any atom is 0.274 e. The Bertz CT molecular complexity index is 645. The van der Waals surface area contributed by atoms with Crippen LogP contribution in [-0.2, 0) is 4.79 Å². The van der Waals surface area contributed by atoms with Gasteiger partial charge in [-0.2, -0.15) is 0 Å². The minimum absolute atomic E-state index is 0.0999. The van der Waals surface area contributed by atoms with E-state index in [2.05, 4.69) is 21.9 Å². The van der Waals surface area contributed by atoms with Crippen molar-refractivity contribution in [1.29, 1.82) is 0 Å². The fourth-order valence-electron chi connectivity index (χ4n) is 4.80. The maximum atomic E-state index is 12.7. The van der Waals surface area contributed by atoms with Gasteiger partial charge in [-0.25, -0.2) is 4.98 Å². The van der Waals surface area contributed by atoms with Crippen LogP contribution in [0.4, 0.5) is 0 Å². The Hall–Kier alpha value is -2.02. The van der Waals surface area contributed by atoms with Crippen LogP contribution in [0.2, 0.25) is 0 Å². The number of carbonyl (C=O) groups is 2. The summed E-state index contributed by atoms with van der Waals surface area (Å²) >= 11 is 0. The average molecular weight is 357 g/mol. The normalized spacial score (nSPS) is 29.0. The topological polar surface area (TPSA) is 69.6 Å². The molecule has 4 rings (SSSR count). The number of aromatic nitrogens is 2. The molecule has 7 nitrogen and oxygen atoms in total. The Morgan fingerprint density at radius 3 is 2.31 bits per heavy atom. The van der Waals surface area contributed by atoms with E-state index < -0.39 is 0 Å². The molecule has 0 radical (unpaired) electrons. The quantitative estimate of drug-likeness (QED) is 0.808. The van der Waals surface area contributed by atoms with E-state index in [1.165, 1.54) is 25.2 Å². The van der Waals surface area contributed by atoms with Gasteiger partial charge < -0.3 is 14.7 Å². The zero-order valence-electron chi connectivity index (χ0n) is 15.4. The summed E-state index contributed by atoms with van der Waals surface area (Å²) in [6.45, 7) is 2.37. The van der Waals surface area contributed by atoms with Crippen molar-refractivity contribution in [1.82, 2.24) is 24.7 Å². The number of piperidine rings is 1. The molecule has 0 saturated carbocycles. The molecule has 3 aliphatic heterocycles. The van der Waals surface area contributed by atoms with Gasteiger partial charge in [0.05, 0.1) is 6.20 Å². The smallest absolute Gasteiger partial charge is 0.274 e. The van der Waals surface area contributed by atoms with E-state index in [1.54, 1.807) is 11.1 Å². The number of amides is 2. The molecule has 0 aromatic carbocycles. The van der Waals surface area contributed by atoms with Gasteiger partial charge in [0, 0.05) is 57.1 Å². The molecule has 1 aromatic rings. The second kappa shape index (κ2) is 7.31. The van der Waals surface area contributed by atoms with E-state index in [9.17, 15) is 9.59 Å². The van der Waals surface area contributed by atoms with Gasteiger partial charge in [0.15, 0.2) is 0 Å². The highest BCUT2D eigenvalue weighted by molar-refractivity contribution is 5.92. The van der Waals surface area contributed by atoms with Crippen LogP contribution in [0.3, 0.4) is 0 Å². The summed E-state index contributed by atoms with van der Waals surface area (Å²) in [4.78, 5) is 39.4. The van der Waals surface area contributed by atoms with E-state index >= 15 is 0 Å². The molecule has 7 heteroatoms. The largest absolute Gasteiger partial charge is 0.339 e. The molecule has 2 atom stereocenters. The van der Waals surface area contributed by atoms with Gasteiger partial charge in [0.2, 0.25) is 5.91 Å². The highest BCUT2D eigenvalue weighted by Gasteiger charge is 2.39. The van der Waals surface area contributed by atoms with Gasteiger partial charge in [-0.1, -0.05) is 0 Å². The molecule has 140 valence electrons. The number of hydrogen-bond donors (Lipinski definition) is 0. The zero-order valence-corrected chi connectivity index (χ0v) is 15.4. The van der Waals surface area contributed by atoms with E-state index in [-0.39, 0.29) is 11.8 Å². The Balaban J connectivity index is 1.27. The lowest BCUT2D eigenvalue weighted by molar-refractivity contribution is -0.134. The number of nitrogens with zero attached hydrogens (tertiary/aromatic N) is 5. The average Bonchev–Trinajstić information content (AvgIpc) is 2.89. The summed E-state index contributed by atoms with van der Waals surface area (Å²) in [5, 5.41) is 0. The molecule has 0 N–H and O–H groups in total. The Morgan fingerprint density at radius 2 is 1.69 bits per heavy atom. The number of fused-ring (bicyclic) bond motifs is 2. The summed E-state index contributed by atoms with van der Waals surface area (Å²) in [7, 11) is 2.23. The first-order valence-corrected chi connectivity index (χ1v) is 9.67. The van der Waals surface area contributed by atoms with Crippen LogP contribution < -0.4 is 0 Å². The van der Waals surface area contributed by atoms with Gasteiger partial charge in [-0.15, -0.1) is 0 Å². The fourth-order valence-corrected chi connectivity index (χ4v) is 4.80. The minimum atomic E-state index is -0.0999. The second-order valence-electron chi connectivity index (χ2n) is 7.86. The van der Waals surface area contributed by atoms with Crippen molar-refractivity contribution < 1.29 is 9.59 Å². The molecule has 4 heterocycles. The van der Waals surface area contributed by atoms with Crippen molar-refractivity contribution in [2.45, 2.75) is 44.2 Å². The first-order valence-electron chi connectivity index (χ1n) is 9.67. The summed E-state index contributed by atoms with van der Waals surface area (Å²) in [6, 6.07) is 1.35. The lowest BCUT2D eigenvalue weighted by Gasteiger charge is -2.38. The zero-order chi connectivity index (χ0) is 18.1. The van der Waals surface area contributed by atoms with Crippen LogP contribution in [0, 0.1) is 5.92 Å². The van der Waals surface area contributed by atoms with E-state index in [1.807, 2.05) is 4.90 Å². The molecular weight excluding hydrogens is 330 g/mol. The van der Waals surface area contributed by atoms with Gasteiger partial charge in [0.1, 0.15) is 5.69 Å². The maximum absolute atomic E-state index is 12.7. The number of hydrogen-bond acceptors (Lipinski definition) is 5. The summed E-state index contributed by atoms with van der Waals surface area (Å²) < 4.78 is 0. The van der Waals surface area contributed by atoms with Crippen LogP contribution in [-0.4, -0.2) is 81.8 Å². The number of carbonyl (C=O) groups excluding carboxylic acids is 2. The van der Waals surface area contributed by atoms with Crippen LogP contribution in [0.1, 0.15) is 42.6 Å². The van der Waals surface area contributed by atoms with E-state index in [0.717, 1.165) is 12.8 Å². The molecule has 3 saturated heterocycles. The van der Waals surface area contributed by atoms with Crippen molar-refractivity contribution in [2.24, 2.45) is 5.92 Å². The highest BCUT2D eigenvalue weighted by atomic mass is 16.2. The predicted octanol–water partition coefficient (Wildman–Crippen LogP) is 1.02. The van der Waals surface area contributed by atoms with Gasteiger partial charge in [-0.3, -0.25) is 14.6 Å². The predicted molar refractivity (Wildman–Crippen MR) is 96.4 cm³/mol. The molecule has 1 aromatic heterocycles. The fraction of sp³-hybridized carbons (Fsp3) is 0.684. The van der Waals surface area contributed by atoms with Crippen molar-refractivity contribution in [2.75, 3.05) is 33.2 Å². The number of rotatable bonds is 3. The summed E-state index contributed by atoms with van der Waals surface area (Å²) in [5.41, 5.74) is 0.370. The van der Waals surface area contributed by atoms with Gasteiger partial charge >= 0.3 is 0 Å². The first-order chi connectivity index (χ1) is 12.6. The van der Waals surface area contributed by atoms with Crippen LogP contribution in [0.15, 0.2) is 18.6 Å². The Kier molecular flexibility index (Phi) is 4.89. The van der Waals surface area contributed by atoms with Crippen LogP contribution in [0.5, 0.6) is 0 Å². The van der Waals surface area contributed by atoms with Crippen LogP contribution >= 0.6 is 0 Å². The summed E-state index contributed by atoms with van der Waals surface area (Å²) in [5.74, 6) is 0.679. The minimum Gasteiger partial charge on any atom is -0.339 e. The van der Waals surface area contributed by atoms with Crippen molar-refractivity contribution in [3.8, 4) is 0 Å².